The van der Waals surface area contributed by atoms with Gasteiger partial charge in [-0.2, -0.15) is 0 Å². The van der Waals surface area contributed by atoms with Crippen LogP contribution in [0.15, 0.2) is 30.3 Å². The summed E-state index contributed by atoms with van der Waals surface area (Å²) in [5, 5.41) is 0. The molecule has 3 heteroatoms. The molecule has 0 atom stereocenters. The maximum Gasteiger partial charge on any atom is 0.374 e. The third-order valence-corrected chi connectivity index (χ3v) is 2.39. The van der Waals surface area contributed by atoms with Crippen molar-refractivity contribution in [3.63, 3.8) is 0 Å². The predicted molar refractivity (Wildman–Crippen MR) is 65.3 cm³/mol. The van der Waals surface area contributed by atoms with Crippen molar-refractivity contribution in [3.05, 3.63) is 35.9 Å². The Morgan fingerprint density at radius 3 is 2.41 bits per heavy atom. The van der Waals surface area contributed by atoms with Gasteiger partial charge in [0.2, 0.25) is 5.78 Å². The summed E-state index contributed by atoms with van der Waals surface area (Å²) in [7, 11) is 0. The lowest BCUT2D eigenvalue weighted by Crippen LogP contribution is -2.17. The minimum absolute atomic E-state index is 0.160. The molecule has 1 aromatic carbocycles. The molecule has 0 fully saturated rings. The highest BCUT2D eigenvalue weighted by molar-refractivity contribution is 6.33. The lowest BCUT2D eigenvalue weighted by molar-refractivity contribution is -0.155. The minimum Gasteiger partial charge on any atom is -0.455 e. The predicted octanol–water partition coefficient (Wildman–Crippen LogP) is 2.74. The van der Waals surface area contributed by atoms with Crippen molar-refractivity contribution in [1.29, 1.82) is 0 Å². The second-order valence-corrected chi connectivity index (χ2v) is 4.42. The fraction of sp³-hybridized carbons (Fsp3) is 0.429. The van der Waals surface area contributed by atoms with Crippen molar-refractivity contribution in [2.75, 3.05) is 0 Å². The van der Waals surface area contributed by atoms with Crippen LogP contribution in [0.1, 0.15) is 32.3 Å². The smallest absolute Gasteiger partial charge is 0.374 e. The molecule has 0 unspecified atom stereocenters. The summed E-state index contributed by atoms with van der Waals surface area (Å²) in [5.41, 5.74) is 0.887. The number of ether oxygens (including phenoxy) is 1. The molecule has 0 N–H and O–H groups in total. The van der Waals surface area contributed by atoms with E-state index in [0.29, 0.717) is 5.92 Å². The maximum atomic E-state index is 11.4. The molecule has 92 valence electrons. The van der Waals surface area contributed by atoms with Crippen LogP contribution < -0.4 is 0 Å². The Kier molecular flexibility index (Phi) is 5.40. The molecule has 0 amide bonds. The molecule has 1 aromatic rings. The van der Waals surface area contributed by atoms with E-state index >= 15 is 0 Å². The van der Waals surface area contributed by atoms with Gasteiger partial charge in [0.05, 0.1) is 0 Å². The molecule has 0 saturated carbocycles. The van der Waals surface area contributed by atoms with Gasteiger partial charge < -0.3 is 4.74 Å². The number of hydrogen-bond acceptors (Lipinski definition) is 3. The summed E-state index contributed by atoms with van der Waals surface area (Å²) in [5.74, 6) is -0.745. The van der Waals surface area contributed by atoms with Crippen molar-refractivity contribution in [1.82, 2.24) is 0 Å². The molecule has 1 rings (SSSR count). The van der Waals surface area contributed by atoms with Gasteiger partial charge in [-0.3, -0.25) is 4.79 Å². The number of benzene rings is 1. The summed E-state index contributed by atoms with van der Waals surface area (Å²) in [6, 6.07) is 9.32. The number of carbonyl (C=O) groups is 2. The molecule has 0 heterocycles. The van der Waals surface area contributed by atoms with Gasteiger partial charge in [0.15, 0.2) is 0 Å². The molecule has 0 saturated heterocycles. The Hall–Kier alpha value is -1.64. The van der Waals surface area contributed by atoms with E-state index in [1.54, 1.807) is 0 Å². The van der Waals surface area contributed by atoms with Gasteiger partial charge in [0, 0.05) is 6.42 Å². The normalized spacial score (nSPS) is 10.3. The summed E-state index contributed by atoms with van der Waals surface area (Å²) >= 11 is 0. The lowest BCUT2D eigenvalue weighted by Gasteiger charge is -2.05. The Morgan fingerprint density at radius 2 is 1.82 bits per heavy atom. The SMILES string of the molecule is CC(C)CCC(=O)C(=O)OCc1ccccc1. The van der Waals surface area contributed by atoms with Gasteiger partial charge in [0.25, 0.3) is 0 Å². The van der Waals surface area contributed by atoms with E-state index in [1.807, 2.05) is 44.2 Å². The number of rotatable bonds is 6. The first-order valence-corrected chi connectivity index (χ1v) is 5.83. The van der Waals surface area contributed by atoms with E-state index in [0.717, 1.165) is 12.0 Å². The third-order valence-electron chi connectivity index (χ3n) is 2.39. The van der Waals surface area contributed by atoms with Crippen LogP contribution in [0.25, 0.3) is 0 Å². The topological polar surface area (TPSA) is 43.4 Å². The molecule has 17 heavy (non-hydrogen) atoms. The zero-order valence-corrected chi connectivity index (χ0v) is 10.3. The Labute approximate surface area is 102 Å². The van der Waals surface area contributed by atoms with Crippen LogP contribution in [0.5, 0.6) is 0 Å². The van der Waals surface area contributed by atoms with Crippen molar-refractivity contribution in [2.45, 2.75) is 33.3 Å². The van der Waals surface area contributed by atoms with Gasteiger partial charge in [-0.1, -0.05) is 44.2 Å². The van der Waals surface area contributed by atoms with E-state index in [4.69, 9.17) is 4.74 Å². The number of ketones is 1. The van der Waals surface area contributed by atoms with Crippen LogP contribution in [0.3, 0.4) is 0 Å². The second-order valence-electron chi connectivity index (χ2n) is 4.42. The fourth-order valence-corrected chi connectivity index (χ4v) is 1.33. The maximum absolute atomic E-state index is 11.4. The lowest BCUT2D eigenvalue weighted by atomic mass is 10.1. The highest BCUT2D eigenvalue weighted by Gasteiger charge is 2.15. The first-order valence-electron chi connectivity index (χ1n) is 5.83. The standard InChI is InChI=1S/C14H18O3/c1-11(2)8-9-13(15)14(16)17-10-12-6-4-3-5-7-12/h3-7,11H,8-10H2,1-2H3. The van der Waals surface area contributed by atoms with Crippen LogP contribution in [0.2, 0.25) is 0 Å². The molecule has 0 aliphatic heterocycles. The summed E-state index contributed by atoms with van der Waals surface area (Å²) in [4.78, 5) is 22.8. The Bertz CT molecular complexity index is 368. The fourth-order valence-electron chi connectivity index (χ4n) is 1.33. The van der Waals surface area contributed by atoms with Gasteiger partial charge in [-0.25, -0.2) is 4.79 Å². The quantitative estimate of drug-likeness (QED) is 0.561. The molecule has 0 aliphatic carbocycles. The molecular formula is C14H18O3. The number of esters is 1. The van der Waals surface area contributed by atoms with Gasteiger partial charge >= 0.3 is 5.97 Å². The largest absolute Gasteiger partial charge is 0.455 e. The monoisotopic (exact) mass is 234 g/mol. The van der Waals surface area contributed by atoms with Crippen LogP contribution in [0, 0.1) is 5.92 Å². The summed E-state index contributed by atoms with van der Waals surface area (Å²) in [6.07, 6.45) is 0.991. The molecule has 0 radical (unpaired) electrons. The molecule has 0 aliphatic rings. The molecule has 0 aromatic heterocycles. The van der Waals surface area contributed by atoms with Crippen molar-refractivity contribution >= 4 is 11.8 Å². The summed E-state index contributed by atoms with van der Waals surface area (Å²) < 4.78 is 4.93. The highest BCUT2D eigenvalue weighted by Crippen LogP contribution is 2.06. The molecule has 3 nitrogen and oxygen atoms in total. The molecular weight excluding hydrogens is 216 g/mol. The Morgan fingerprint density at radius 1 is 1.18 bits per heavy atom. The van der Waals surface area contributed by atoms with E-state index < -0.39 is 11.8 Å². The van der Waals surface area contributed by atoms with E-state index in [1.165, 1.54) is 0 Å². The highest BCUT2D eigenvalue weighted by atomic mass is 16.5. The minimum atomic E-state index is -0.727. The van der Waals surface area contributed by atoms with E-state index in [2.05, 4.69) is 0 Å². The first-order chi connectivity index (χ1) is 8.09. The van der Waals surface area contributed by atoms with Crippen molar-refractivity contribution in [2.24, 2.45) is 5.92 Å². The first kappa shape index (κ1) is 13.4. The molecule has 0 spiro atoms. The van der Waals surface area contributed by atoms with Gasteiger partial charge in [0.1, 0.15) is 6.61 Å². The van der Waals surface area contributed by atoms with Gasteiger partial charge in [-0.15, -0.1) is 0 Å². The van der Waals surface area contributed by atoms with Crippen LogP contribution >= 0.6 is 0 Å². The van der Waals surface area contributed by atoms with Crippen molar-refractivity contribution in [3.8, 4) is 0 Å². The van der Waals surface area contributed by atoms with E-state index in [-0.39, 0.29) is 13.0 Å². The Balaban J connectivity index is 2.32. The second kappa shape index (κ2) is 6.84. The van der Waals surface area contributed by atoms with Crippen molar-refractivity contribution < 1.29 is 14.3 Å². The number of Topliss-reactive ketones (excluding diaryl/α,β-unsaturated/α-hetero) is 1. The van der Waals surface area contributed by atoms with E-state index in [9.17, 15) is 9.59 Å². The van der Waals surface area contributed by atoms with Crippen LogP contribution in [-0.2, 0) is 20.9 Å². The summed E-state index contributed by atoms with van der Waals surface area (Å²) in [6.45, 7) is 4.19. The third kappa shape index (κ3) is 5.29. The van der Waals surface area contributed by atoms with Gasteiger partial charge in [-0.05, 0) is 17.9 Å². The molecule has 0 bridgehead atoms. The van der Waals surface area contributed by atoms with Crippen LogP contribution in [0.4, 0.5) is 0 Å². The average molecular weight is 234 g/mol. The number of carbonyl (C=O) groups excluding carboxylic acids is 2. The van der Waals surface area contributed by atoms with Crippen LogP contribution in [-0.4, -0.2) is 11.8 Å². The zero-order valence-electron chi connectivity index (χ0n) is 10.3. The average Bonchev–Trinajstić information content (AvgIpc) is 2.34. The zero-order chi connectivity index (χ0) is 12.7. The number of hydrogen-bond donors (Lipinski definition) is 0.